The Labute approximate surface area is 90.3 Å². The summed E-state index contributed by atoms with van der Waals surface area (Å²) in [5.41, 5.74) is 0. The van der Waals surface area contributed by atoms with Crippen molar-refractivity contribution >= 4 is 5.91 Å². The molecule has 0 atom stereocenters. The summed E-state index contributed by atoms with van der Waals surface area (Å²) in [6.07, 6.45) is 0.618. The summed E-state index contributed by atoms with van der Waals surface area (Å²) in [6, 6.07) is 3.98. The van der Waals surface area contributed by atoms with Gasteiger partial charge in [-0.2, -0.15) is 10.5 Å². The fourth-order valence-corrected chi connectivity index (χ4v) is 1.07. The SMILES string of the molecule is CCNCC(=O)N(CCC#N)CCC#N. The Morgan fingerprint density at radius 1 is 1.27 bits per heavy atom. The lowest BCUT2D eigenvalue weighted by Gasteiger charge is -2.20. The van der Waals surface area contributed by atoms with E-state index in [0.717, 1.165) is 6.54 Å². The highest BCUT2D eigenvalue weighted by atomic mass is 16.2. The topological polar surface area (TPSA) is 79.9 Å². The molecule has 0 spiro atoms. The minimum absolute atomic E-state index is 0.0534. The van der Waals surface area contributed by atoms with Gasteiger partial charge in [0.25, 0.3) is 0 Å². The highest BCUT2D eigenvalue weighted by molar-refractivity contribution is 5.78. The predicted molar refractivity (Wildman–Crippen MR) is 55.6 cm³/mol. The third kappa shape index (κ3) is 6.48. The van der Waals surface area contributed by atoms with E-state index in [1.54, 1.807) is 4.90 Å². The molecule has 5 nitrogen and oxygen atoms in total. The van der Waals surface area contributed by atoms with Crippen molar-refractivity contribution in [3.8, 4) is 12.1 Å². The van der Waals surface area contributed by atoms with E-state index in [9.17, 15) is 4.79 Å². The first-order chi connectivity index (χ1) is 7.26. The Morgan fingerprint density at radius 2 is 1.80 bits per heavy atom. The van der Waals surface area contributed by atoms with Crippen LogP contribution in [0.1, 0.15) is 19.8 Å². The average Bonchev–Trinajstić information content (AvgIpc) is 2.26. The van der Waals surface area contributed by atoms with Gasteiger partial charge in [-0.15, -0.1) is 0 Å². The van der Waals surface area contributed by atoms with Gasteiger partial charge in [0.15, 0.2) is 0 Å². The van der Waals surface area contributed by atoms with Crippen LogP contribution in [0.25, 0.3) is 0 Å². The minimum atomic E-state index is -0.0534. The summed E-state index contributed by atoms with van der Waals surface area (Å²) < 4.78 is 0. The highest BCUT2D eigenvalue weighted by Crippen LogP contribution is 1.94. The van der Waals surface area contributed by atoms with Gasteiger partial charge >= 0.3 is 0 Å². The molecule has 0 rings (SSSR count). The first kappa shape index (κ1) is 13.4. The van der Waals surface area contributed by atoms with Crippen molar-refractivity contribution in [3.05, 3.63) is 0 Å². The highest BCUT2D eigenvalue weighted by Gasteiger charge is 2.11. The molecular formula is C10H16N4O. The average molecular weight is 208 g/mol. The van der Waals surface area contributed by atoms with Crippen molar-refractivity contribution in [2.45, 2.75) is 19.8 Å². The third-order valence-corrected chi connectivity index (χ3v) is 1.87. The largest absolute Gasteiger partial charge is 0.340 e. The van der Waals surface area contributed by atoms with E-state index in [2.05, 4.69) is 5.32 Å². The van der Waals surface area contributed by atoms with Gasteiger partial charge in [0.2, 0.25) is 5.91 Å². The molecule has 82 valence electrons. The summed E-state index contributed by atoms with van der Waals surface area (Å²) in [7, 11) is 0. The molecule has 0 saturated heterocycles. The van der Waals surface area contributed by atoms with Crippen LogP contribution in [0.5, 0.6) is 0 Å². The zero-order chi connectivity index (χ0) is 11.5. The molecule has 0 aromatic heterocycles. The monoisotopic (exact) mass is 208 g/mol. The first-order valence-electron chi connectivity index (χ1n) is 4.98. The third-order valence-electron chi connectivity index (χ3n) is 1.87. The molecule has 0 unspecified atom stereocenters. The number of rotatable bonds is 7. The number of nitrogens with zero attached hydrogens (tertiary/aromatic N) is 3. The van der Waals surface area contributed by atoms with Gasteiger partial charge in [0.1, 0.15) is 0 Å². The summed E-state index contributed by atoms with van der Waals surface area (Å²) in [4.78, 5) is 13.1. The van der Waals surface area contributed by atoms with Crippen LogP contribution in [0, 0.1) is 22.7 Å². The van der Waals surface area contributed by atoms with Gasteiger partial charge in [-0.25, -0.2) is 0 Å². The van der Waals surface area contributed by atoms with E-state index < -0.39 is 0 Å². The van der Waals surface area contributed by atoms with Crippen LogP contribution in [0.4, 0.5) is 0 Å². The zero-order valence-electron chi connectivity index (χ0n) is 8.99. The molecule has 0 saturated carbocycles. The summed E-state index contributed by atoms with van der Waals surface area (Å²) in [5, 5.41) is 19.8. The van der Waals surface area contributed by atoms with Crippen molar-refractivity contribution in [1.29, 1.82) is 10.5 Å². The molecule has 1 N–H and O–H groups in total. The summed E-state index contributed by atoms with van der Waals surface area (Å²) >= 11 is 0. The molecule has 0 aromatic rings. The molecule has 0 radical (unpaired) electrons. The molecule has 1 amide bonds. The number of carbonyl (C=O) groups is 1. The molecule has 0 aliphatic rings. The van der Waals surface area contributed by atoms with E-state index in [-0.39, 0.29) is 12.5 Å². The quantitative estimate of drug-likeness (QED) is 0.650. The fraction of sp³-hybridized carbons (Fsp3) is 0.700. The maximum atomic E-state index is 11.6. The normalized spacial score (nSPS) is 9.00. The van der Waals surface area contributed by atoms with Crippen LogP contribution in [0.2, 0.25) is 0 Å². The van der Waals surface area contributed by atoms with Crippen LogP contribution in [0.3, 0.4) is 0 Å². The second-order valence-corrected chi connectivity index (χ2v) is 2.98. The lowest BCUT2D eigenvalue weighted by atomic mass is 10.3. The Kier molecular flexibility index (Phi) is 8.03. The zero-order valence-corrected chi connectivity index (χ0v) is 8.99. The van der Waals surface area contributed by atoms with Crippen molar-refractivity contribution < 1.29 is 4.79 Å². The Morgan fingerprint density at radius 3 is 2.20 bits per heavy atom. The van der Waals surface area contributed by atoms with E-state index in [1.807, 2.05) is 19.1 Å². The molecule has 0 heterocycles. The van der Waals surface area contributed by atoms with Gasteiger partial charge in [-0.1, -0.05) is 6.92 Å². The molecule has 15 heavy (non-hydrogen) atoms. The van der Waals surface area contributed by atoms with E-state index in [0.29, 0.717) is 25.9 Å². The van der Waals surface area contributed by atoms with Gasteiger partial charge in [0, 0.05) is 13.1 Å². The molecule has 5 heteroatoms. The van der Waals surface area contributed by atoms with Crippen LogP contribution >= 0.6 is 0 Å². The van der Waals surface area contributed by atoms with Crippen LogP contribution < -0.4 is 5.32 Å². The number of hydrogen-bond acceptors (Lipinski definition) is 4. The van der Waals surface area contributed by atoms with E-state index in [4.69, 9.17) is 10.5 Å². The smallest absolute Gasteiger partial charge is 0.236 e. The van der Waals surface area contributed by atoms with Crippen LogP contribution in [-0.2, 0) is 4.79 Å². The number of nitrogens with one attached hydrogen (secondary N) is 1. The van der Waals surface area contributed by atoms with E-state index >= 15 is 0 Å². The predicted octanol–water partition coefficient (Wildman–Crippen LogP) is 0.252. The van der Waals surface area contributed by atoms with Gasteiger partial charge in [-0.3, -0.25) is 4.79 Å². The molecule has 0 aliphatic carbocycles. The lowest BCUT2D eigenvalue weighted by Crippen LogP contribution is -2.39. The van der Waals surface area contributed by atoms with E-state index in [1.165, 1.54) is 0 Å². The lowest BCUT2D eigenvalue weighted by molar-refractivity contribution is -0.130. The first-order valence-corrected chi connectivity index (χ1v) is 4.98. The van der Waals surface area contributed by atoms with Crippen molar-refractivity contribution in [3.63, 3.8) is 0 Å². The number of nitriles is 2. The standard InChI is InChI=1S/C10H16N4O/c1-2-13-9-10(15)14(7-3-5-11)8-4-6-12/h13H,2-4,7-9H2,1H3. The van der Waals surface area contributed by atoms with Gasteiger partial charge < -0.3 is 10.2 Å². The van der Waals surface area contributed by atoms with Crippen LogP contribution in [0.15, 0.2) is 0 Å². The molecule has 0 aliphatic heterocycles. The second kappa shape index (κ2) is 8.98. The fourth-order valence-electron chi connectivity index (χ4n) is 1.07. The Bertz CT molecular complexity index is 246. The maximum absolute atomic E-state index is 11.6. The summed E-state index contributed by atoms with van der Waals surface area (Å²) in [5.74, 6) is -0.0534. The van der Waals surface area contributed by atoms with Gasteiger partial charge in [0.05, 0.1) is 31.5 Å². The Balaban J connectivity index is 4.04. The minimum Gasteiger partial charge on any atom is -0.340 e. The van der Waals surface area contributed by atoms with Crippen LogP contribution in [-0.4, -0.2) is 37.0 Å². The van der Waals surface area contributed by atoms with Crippen molar-refractivity contribution in [2.75, 3.05) is 26.2 Å². The van der Waals surface area contributed by atoms with Crippen molar-refractivity contribution in [1.82, 2.24) is 10.2 Å². The molecule has 0 bridgehead atoms. The molecule has 0 aromatic carbocycles. The number of likely N-dealkylation sites (N-methyl/N-ethyl adjacent to an activating group) is 1. The number of carbonyl (C=O) groups excluding carboxylic acids is 1. The Hall–Kier alpha value is -1.59. The van der Waals surface area contributed by atoms with Crippen molar-refractivity contribution in [2.24, 2.45) is 0 Å². The van der Waals surface area contributed by atoms with Gasteiger partial charge in [-0.05, 0) is 6.54 Å². The molecule has 0 fully saturated rings. The number of amides is 1. The maximum Gasteiger partial charge on any atom is 0.236 e. The number of hydrogen-bond donors (Lipinski definition) is 1. The summed E-state index contributed by atoms with van der Waals surface area (Å²) in [6.45, 7) is 3.73. The molecular weight excluding hydrogens is 192 g/mol. The second-order valence-electron chi connectivity index (χ2n) is 2.98.